The molecule has 1 rings (SSSR count). The van der Waals surface area contributed by atoms with Crippen molar-refractivity contribution in [2.24, 2.45) is 0 Å². The van der Waals surface area contributed by atoms with Gasteiger partial charge in [-0.3, -0.25) is 4.79 Å². The zero-order chi connectivity index (χ0) is 7.56. The van der Waals surface area contributed by atoms with Gasteiger partial charge in [0.15, 0.2) is 0 Å². The first-order valence-electron chi connectivity index (χ1n) is 2.76. The summed E-state index contributed by atoms with van der Waals surface area (Å²) in [6.45, 7) is 0. The molecule has 1 heterocycles. The van der Waals surface area contributed by atoms with Crippen LogP contribution in [0.2, 0.25) is 0 Å². The Morgan fingerprint density at radius 2 is 2.50 bits per heavy atom. The van der Waals surface area contributed by atoms with Crippen molar-refractivity contribution in [2.45, 2.75) is 11.8 Å². The monoisotopic (exact) mass is 161 g/mol. The van der Waals surface area contributed by atoms with E-state index in [0.29, 0.717) is 6.42 Å². The van der Waals surface area contributed by atoms with Crippen LogP contribution in [0.4, 0.5) is 4.79 Å². The molecule has 1 saturated heterocycles. The second kappa shape index (κ2) is 2.92. The van der Waals surface area contributed by atoms with Crippen LogP contribution in [0, 0.1) is 0 Å². The Kier molecular flexibility index (Phi) is 2.16. The minimum absolute atomic E-state index is 0.0126. The highest BCUT2D eigenvalue weighted by Crippen LogP contribution is 2.20. The molecule has 1 amide bonds. The molecule has 0 aliphatic carbocycles. The number of amides is 1. The lowest BCUT2D eigenvalue weighted by Gasteiger charge is -2.24. The van der Waals surface area contributed by atoms with Gasteiger partial charge in [0.25, 0.3) is 0 Å². The summed E-state index contributed by atoms with van der Waals surface area (Å²) in [5.74, 6) is -0.0126. The number of rotatable bonds is 1. The van der Waals surface area contributed by atoms with E-state index >= 15 is 0 Å². The fraction of sp³-hybridized carbons (Fsp3) is 0.600. The van der Waals surface area contributed by atoms with Crippen molar-refractivity contribution in [1.82, 2.24) is 5.32 Å². The Hall–Kier alpha value is -0.710. The minimum Gasteiger partial charge on any atom is -0.461 e. The fourth-order valence-corrected chi connectivity index (χ4v) is 1.32. The molecule has 0 saturated carbocycles. The van der Waals surface area contributed by atoms with Gasteiger partial charge in [-0.2, -0.15) is 0 Å². The van der Waals surface area contributed by atoms with E-state index in [0.717, 1.165) is 11.8 Å². The molecule has 0 aromatic carbocycles. The number of nitrogens with one attached hydrogen (secondary N) is 1. The number of hydrogen-bond donors (Lipinski definition) is 1. The highest BCUT2D eigenvalue weighted by molar-refractivity contribution is 8.13. The maximum atomic E-state index is 10.5. The van der Waals surface area contributed by atoms with Crippen molar-refractivity contribution in [3.63, 3.8) is 0 Å². The molecule has 0 spiro atoms. The van der Waals surface area contributed by atoms with Gasteiger partial charge in [-0.1, -0.05) is 0 Å². The average Bonchev–Trinajstić information content (AvgIpc) is 1.84. The summed E-state index contributed by atoms with van der Waals surface area (Å²) in [5, 5.41) is 2.11. The van der Waals surface area contributed by atoms with Crippen LogP contribution in [0.1, 0.15) is 6.42 Å². The number of carbonyl (C=O) groups excluding carboxylic acids is 2. The lowest BCUT2D eigenvalue weighted by Crippen LogP contribution is -2.46. The first-order valence-corrected chi connectivity index (χ1v) is 3.64. The van der Waals surface area contributed by atoms with E-state index in [1.54, 1.807) is 0 Å². The van der Waals surface area contributed by atoms with E-state index in [9.17, 15) is 9.59 Å². The second-order valence-electron chi connectivity index (χ2n) is 1.83. The van der Waals surface area contributed by atoms with E-state index < -0.39 is 0 Å². The van der Waals surface area contributed by atoms with Gasteiger partial charge in [-0.05, 0) is 11.8 Å². The summed E-state index contributed by atoms with van der Waals surface area (Å²) in [7, 11) is 1.32. The third-order valence-electron chi connectivity index (χ3n) is 1.10. The summed E-state index contributed by atoms with van der Waals surface area (Å²) in [6, 6.07) is 0. The van der Waals surface area contributed by atoms with E-state index in [-0.39, 0.29) is 16.6 Å². The van der Waals surface area contributed by atoms with Crippen LogP contribution in [0.3, 0.4) is 0 Å². The summed E-state index contributed by atoms with van der Waals surface area (Å²) in [5.41, 5.74) is 0. The molecule has 5 heteroatoms. The van der Waals surface area contributed by atoms with Crippen LogP contribution < -0.4 is 5.32 Å². The van der Waals surface area contributed by atoms with Gasteiger partial charge in [-0.15, -0.1) is 0 Å². The normalized spacial score (nSPS) is 22.9. The Labute approximate surface area is 62.3 Å². The quantitative estimate of drug-likeness (QED) is 0.445. The Bertz CT molecular complexity index is 162. The van der Waals surface area contributed by atoms with Crippen LogP contribution in [0.5, 0.6) is 0 Å². The molecule has 56 valence electrons. The molecule has 0 radical (unpaired) electrons. The van der Waals surface area contributed by atoms with Gasteiger partial charge in [0, 0.05) is 0 Å². The SMILES string of the molecule is COC(=O)SC1CC(=O)N1. The zero-order valence-corrected chi connectivity index (χ0v) is 6.23. The Balaban J connectivity index is 2.16. The molecule has 1 fully saturated rings. The van der Waals surface area contributed by atoms with Crippen LogP contribution in [0.15, 0.2) is 0 Å². The van der Waals surface area contributed by atoms with Crippen LogP contribution in [-0.2, 0) is 9.53 Å². The van der Waals surface area contributed by atoms with Gasteiger partial charge < -0.3 is 10.1 Å². The first-order chi connectivity index (χ1) is 4.72. The number of hydrogen-bond acceptors (Lipinski definition) is 4. The molecule has 1 N–H and O–H groups in total. The molecule has 0 aromatic heterocycles. The Morgan fingerprint density at radius 1 is 1.90 bits per heavy atom. The topological polar surface area (TPSA) is 55.4 Å². The number of thioether (sulfide) groups is 1. The molecule has 0 bridgehead atoms. The van der Waals surface area contributed by atoms with E-state index in [1.807, 2.05) is 0 Å². The lowest BCUT2D eigenvalue weighted by molar-refractivity contribution is -0.126. The number of ether oxygens (including phenoxy) is 1. The van der Waals surface area contributed by atoms with Gasteiger partial charge >= 0.3 is 5.30 Å². The van der Waals surface area contributed by atoms with Gasteiger partial charge in [0.2, 0.25) is 5.91 Å². The number of β-lactam (4-membered cyclic amide) rings is 1. The summed E-state index contributed by atoms with van der Waals surface area (Å²) < 4.78 is 4.36. The third-order valence-corrected chi connectivity index (χ3v) is 2.03. The van der Waals surface area contributed by atoms with Crippen molar-refractivity contribution in [3.05, 3.63) is 0 Å². The number of methoxy groups -OCH3 is 1. The summed E-state index contributed by atoms with van der Waals surface area (Å²) in [4.78, 5) is 20.8. The number of carbonyl (C=O) groups is 2. The molecule has 1 aliphatic heterocycles. The predicted molar refractivity (Wildman–Crippen MR) is 36.5 cm³/mol. The first kappa shape index (κ1) is 7.40. The van der Waals surface area contributed by atoms with E-state index in [4.69, 9.17) is 0 Å². The smallest absolute Gasteiger partial charge is 0.369 e. The molecular weight excluding hydrogens is 154 g/mol. The molecule has 1 atom stereocenters. The van der Waals surface area contributed by atoms with E-state index in [2.05, 4.69) is 10.1 Å². The van der Waals surface area contributed by atoms with Gasteiger partial charge in [0.05, 0.1) is 18.9 Å². The summed E-state index contributed by atoms with van der Waals surface area (Å²) >= 11 is 0.997. The molecule has 10 heavy (non-hydrogen) atoms. The van der Waals surface area contributed by atoms with Gasteiger partial charge in [-0.25, -0.2) is 4.79 Å². The van der Waals surface area contributed by atoms with Crippen molar-refractivity contribution in [1.29, 1.82) is 0 Å². The minimum atomic E-state index is -0.356. The molecule has 1 unspecified atom stereocenters. The average molecular weight is 161 g/mol. The van der Waals surface area contributed by atoms with Crippen LogP contribution in [0.25, 0.3) is 0 Å². The maximum Gasteiger partial charge on any atom is 0.369 e. The predicted octanol–water partition coefficient (Wildman–Crippen LogP) is 0.332. The molecule has 0 aromatic rings. The molecule has 4 nitrogen and oxygen atoms in total. The molecular formula is C5H7NO3S. The van der Waals surface area contributed by atoms with E-state index in [1.165, 1.54) is 7.11 Å². The van der Waals surface area contributed by atoms with Crippen molar-refractivity contribution >= 4 is 23.0 Å². The van der Waals surface area contributed by atoms with Crippen molar-refractivity contribution in [2.75, 3.05) is 7.11 Å². The van der Waals surface area contributed by atoms with Crippen LogP contribution in [-0.4, -0.2) is 23.7 Å². The highest BCUT2D eigenvalue weighted by Gasteiger charge is 2.28. The third kappa shape index (κ3) is 1.63. The van der Waals surface area contributed by atoms with Crippen LogP contribution >= 0.6 is 11.8 Å². The standard InChI is InChI=1S/C5H7NO3S/c1-9-5(8)10-4-2-3(7)6-4/h4H,2H2,1H3,(H,6,7). The van der Waals surface area contributed by atoms with Gasteiger partial charge in [0.1, 0.15) is 0 Å². The lowest BCUT2D eigenvalue weighted by atomic mass is 10.3. The van der Waals surface area contributed by atoms with Crippen molar-refractivity contribution in [3.8, 4) is 0 Å². The fourth-order valence-electron chi connectivity index (χ4n) is 0.562. The summed E-state index contributed by atoms with van der Waals surface area (Å²) in [6.07, 6.45) is 0.416. The van der Waals surface area contributed by atoms with Crippen molar-refractivity contribution < 1.29 is 14.3 Å². The Morgan fingerprint density at radius 3 is 2.90 bits per heavy atom. The molecule has 1 aliphatic rings. The largest absolute Gasteiger partial charge is 0.461 e. The highest BCUT2D eigenvalue weighted by atomic mass is 32.2. The zero-order valence-electron chi connectivity index (χ0n) is 5.42. The second-order valence-corrected chi connectivity index (χ2v) is 2.97. The maximum absolute atomic E-state index is 10.5.